The van der Waals surface area contributed by atoms with Crippen molar-refractivity contribution in [2.24, 2.45) is 40.9 Å². The van der Waals surface area contributed by atoms with Gasteiger partial charge in [0.05, 0.1) is 0 Å². The first-order valence-corrected chi connectivity index (χ1v) is 9.13. The number of ketones is 1. The molecule has 4 aliphatic rings. The molecule has 0 amide bonds. The predicted octanol–water partition coefficient (Wildman–Crippen LogP) is 4.84. The van der Waals surface area contributed by atoms with Gasteiger partial charge in [0, 0.05) is 11.8 Å². The van der Waals surface area contributed by atoms with E-state index in [2.05, 4.69) is 13.8 Å². The third-order valence-corrected chi connectivity index (χ3v) is 7.93. The zero-order chi connectivity index (χ0) is 13.9. The third-order valence-electron chi connectivity index (χ3n) is 7.93. The van der Waals surface area contributed by atoms with Crippen LogP contribution in [0.25, 0.3) is 0 Å². The summed E-state index contributed by atoms with van der Waals surface area (Å²) in [6, 6.07) is 0. The average molecular weight is 274 g/mol. The summed E-state index contributed by atoms with van der Waals surface area (Å²) in [6.45, 7) is 4.76. The lowest BCUT2D eigenvalue weighted by Gasteiger charge is -2.54. The van der Waals surface area contributed by atoms with E-state index in [-0.39, 0.29) is 5.41 Å². The van der Waals surface area contributed by atoms with Crippen molar-refractivity contribution in [3.8, 4) is 0 Å². The summed E-state index contributed by atoms with van der Waals surface area (Å²) in [5, 5.41) is 0. The Morgan fingerprint density at radius 3 is 2.60 bits per heavy atom. The van der Waals surface area contributed by atoms with Gasteiger partial charge in [-0.1, -0.05) is 20.3 Å². The van der Waals surface area contributed by atoms with Crippen molar-refractivity contribution in [3.05, 3.63) is 0 Å². The molecule has 20 heavy (non-hydrogen) atoms. The number of hydrogen-bond acceptors (Lipinski definition) is 1. The minimum Gasteiger partial charge on any atom is -0.299 e. The number of Topliss-reactive ketones (excluding diaryl/α,β-unsaturated/α-hetero) is 1. The van der Waals surface area contributed by atoms with Gasteiger partial charge >= 0.3 is 0 Å². The monoisotopic (exact) mass is 274 g/mol. The molecule has 0 saturated heterocycles. The van der Waals surface area contributed by atoms with Crippen molar-refractivity contribution in [1.82, 2.24) is 0 Å². The number of hydrogen-bond donors (Lipinski definition) is 0. The lowest BCUT2D eigenvalue weighted by molar-refractivity contribution is -0.133. The lowest BCUT2D eigenvalue weighted by atomic mass is 9.50. The van der Waals surface area contributed by atoms with Crippen LogP contribution in [0.4, 0.5) is 0 Å². The van der Waals surface area contributed by atoms with Gasteiger partial charge in [-0.25, -0.2) is 0 Å². The fourth-order valence-corrected chi connectivity index (χ4v) is 6.86. The Morgan fingerprint density at radius 1 is 0.950 bits per heavy atom. The molecule has 0 heterocycles. The molecule has 0 aromatic rings. The van der Waals surface area contributed by atoms with Crippen LogP contribution in [-0.4, -0.2) is 5.78 Å². The number of carbonyl (C=O) groups is 1. The van der Waals surface area contributed by atoms with E-state index >= 15 is 0 Å². The molecule has 112 valence electrons. The van der Waals surface area contributed by atoms with Crippen molar-refractivity contribution < 1.29 is 4.79 Å². The van der Waals surface area contributed by atoms with Gasteiger partial charge in [0.1, 0.15) is 5.78 Å². The molecule has 0 aromatic carbocycles. The molecule has 0 bridgehead atoms. The lowest BCUT2D eigenvalue weighted by Crippen LogP contribution is -2.48. The Morgan fingerprint density at radius 2 is 1.75 bits per heavy atom. The van der Waals surface area contributed by atoms with E-state index in [1.54, 1.807) is 0 Å². The molecule has 4 rings (SSSR count). The first kappa shape index (κ1) is 13.3. The summed E-state index contributed by atoms with van der Waals surface area (Å²) in [5.41, 5.74) is 0.0793. The highest BCUT2D eigenvalue weighted by atomic mass is 16.1. The van der Waals surface area contributed by atoms with Crippen LogP contribution in [0.15, 0.2) is 0 Å². The van der Waals surface area contributed by atoms with Gasteiger partial charge in [0.15, 0.2) is 0 Å². The van der Waals surface area contributed by atoms with Crippen LogP contribution in [0.1, 0.15) is 71.6 Å². The van der Waals surface area contributed by atoms with Crippen molar-refractivity contribution in [2.75, 3.05) is 0 Å². The maximum atomic E-state index is 12.3. The summed E-state index contributed by atoms with van der Waals surface area (Å²) < 4.78 is 0. The van der Waals surface area contributed by atoms with Crippen LogP contribution in [0, 0.1) is 40.9 Å². The fraction of sp³-hybridized carbons (Fsp3) is 0.947. The van der Waals surface area contributed by atoms with Crippen LogP contribution in [0.5, 0.6) is 0 Å². The first-order chi connectivity index (χ1) is 9.59. The van der Waals surface area contributed by atoms with Gasteiger partial charge in [0.2, 0.25) is 0 Å². The molecular weight excluding hydrogens is 244 g/mol. The van der Waals surface area contributed by atoms with E-state index in [0.717, 1.165) is 41.9 Å². The highest BCUT2D eigenvalue weighted by Crippen LogP contribution is 2.61. The molecule has 0 radical (unpaired) electrons. The van der Waals surface area contributed by atoms with Gasteiger partial charge in [-0.3, -0.25) is 4.79 Å². The second-order valence-electron chi connectivity index (χ2n) is 8.77. The summed E-state index contributed by atoms with van der Waals surface area (Å²) >= 11 is 0. The number of rotatable bonds is 0. The van der Waals surface area contributed by atoms with Crippen LogP contribution in [0.3, 0.4) is 0 Å². The minimum absolute atomic E-state index is 0.0793. The fourth-order valence-electron chi connectivity index (χ4n) is 6.86. The van der Waals surface area contributed by atoms with Gasteiger partial charge in [-0.15, -0.1) is 0 Å². The molecule has 0 aliphatic heterocycles. The Labute approximate surface area is 123 Å². The van der Waals surface area contributed by atoms with Gasteiger partial charge in [-0.2, -0.15) is 0 Å². The number of fused-ring (bicyclic) bond motifs is 5. The second-order valence-corrected chi connectivity index (χ2v) is 8.77. The Balaban J connectivity index is 1.58. The molecule has 1 nitrogen and oxygen atoms in total. The van der Waals surface area contributed by atoms with Gasteiger partial charge in [-0.05, 0) is 80.5 Å². The van der Waals surface area contributed by atoms with E-state index in [1.165, 1.54) is 51.4 Å². The Hall–Kier alpha value is -0.330. The van der Waals surface area contributed by atoms with E-state index in [4.69, 9.17) is 0 Å². The third kappa shape index (κ3) is 1.77. The second kappa shape index (κ2) is 4.58. The van der Waals surface area contributed by atoms with Crippen LogP contribution >= 0.6 is 0 Å². The smallest absolute Gasteiger partial charge is 0.139 e. The largest absolute Gasteiger partial charge is 0.299 e. The van der Waals surface area contributed by atoms with Crippen LogP contribution < -0.4 is 0 Å². The van der Waals surface area contributed by atoms with Gasteiger partial charge < -0.3 is 0 Å². The molecule has 0 N–H and O–H groups in total. The molecule has 0 aromatic heterocycles. The molecule has 4 aliphatic carbocycles. The Kier molecular flexibility index (Phi) is 3.06. The molecule has 7 atom stereocenters. The quantitative estimate of drug-likeness (QED) is 0.617. The maximum Gasteiger partial charge on any atom is 0.139 e. The molecule has 0 spiro atoms. The van der Waals surface area contributed by atoms with Gasteiger partial charge in [0.25, 0.3) is 0 Å². The topological polar surface area (TPSA) is 17.1 Å². The standard InChI is InChI=1S/C19H30O/c1-12-3-5-14-13(11-12)4-6-16-15(14)9-10-19(2)17(16)7-8-18(19)20/h12-17H,3-11H2,1-2H3/t12-,13+,14-,15+,16+,17-,19-/m0/s1. The summed E-state index contributed by atoms with van der Waals surface area (Å²) in [6.07, 6.45) is 12.0. The first-order valence-electron chi connectivity index (χ1n) is 9.13. The molecule has 1 heteroatoms. The molecular formula is C19H30O. The summed E-state index contributed by atoms with van der Waals surface area (Å²) in [5.74, 6) is 6.23. The van der Waals surface area contributed by atoms with Crippen LogP contribution in [-0.2, 0) is 4.79 Å². The van der Waals surface area contributed by atoms with Crippen LogP contribution in [0.2, 0.25) is 0 Å². The van der Waals surface area contributed by atoms with Crippen molar-refractivity contribution in [3.63, 3.8) is 0 Å². The summed E-state index contributed by atoms with van der Waals surface area (Å²) in [4.78, 5) is 12.3. The number of carbonyl (C=O) groups excluding carboxylic acids is 1. The Bertz CT molecular complexity index is 414. The van der Waals surface area contributed by atoms with E-state index < -0.39 is 0 Å². The van der Waals surface area contributed by atoms with E-state index in [1.807, 2.05) is 0 Å². The van der Waals surface area contributed by atoms with Crippen molar-refractivity contribution >= 4 is 5.78 Å². The zero-order valence-electron chi connectivity index (χ0n) is 13.2. The zero-order valence-corrected chi connectivity index (χ0v) is 13.2. The average Bonchev–Trinajstić information content (AvgIpc) is 2.74. The SMILES string of the molecule is C[C@H]1CC[C@H]2[C@H](CC[C@@H]3[C@@H]2CC[C@]2(C)C(=O)CC[C@@H]32)C1. The molecule has 4 fully saturated rings. The highest BCUT2D eigenvalue weighted by molar-refractivity contribution is 5.87. The maximum absolute atomic E-state index is 12.3. The van der Waals surface area contributed by atoms with E-state index in [0.29, 0.717) is 5.78 Å². The highest BCUT2D eigenvalue weighted by Gasteiger charge is 2.56. The molecule has 4 saturated carbocycles. The molecule has 0 unspecified atom stereocenters. The minimum atomic E-state index is 0.0793. The van der Waals surface area contributed by atoms with E-state index in [9.17, 15) is 4.79 Å². The summed E-state index contributed by atoms with van der Waals surface area (Å²) in [7, 11) is 0. The normalized spacial score (nSPS) is 55.0. The van der Waals surface area contributed by atoms with Crippen molar-refractivity contribution in [1.29, 1.82) is 0 Å². The van der Waals surface area contributed by atoms with Crippen molar-refractivity contribution in [2.45, 2.75) is 71.6 Å². The predicted molar refractivity (Wildman–Crippen MR) is 81.3 cm³/mol.